The predicted molar refractivity (Wildman–Crippen MR) is 80.2 cm³/mol. The molecular weight excluding hydrogens is 232 g/mol. The smallest absolute Gasteiger partial charge is 0.143 e. The summed E-state index contributed by atoms with van der Waals surface area (Å²) in [6, 6.07) is 8.38. The predicted octanol–water partition coefficient (Wildman–Crippen LogP) is 4.71. The monoisotopic (exact) mass is 258 g/mol. The first kappa shape index (κ1) is 14.3. The van der Waals surface area contributed by atoms with Gasteiger partial charge in [0, 0.05) is 11.8 Å². The van der Waals surface area contributed by atoms with Crippen LogP contribution in [0, 0.1) is 18.3 Å². The average Bonchev–Trinajstić information content (AvgIpc) is 2.78. The van der Waals surface area contributed by atoms with Crippen LogP contribution >= 0.6 is 0 Å². The Morgan fingerprint density at radius 2 is 1.95 bits per heavy atom. The van der Waals surface area contributed by atoms with Gasteiger partial charge >= 0.3 is 0 Å². The van der Waals surface area contributed by atoms with Crippen LogP contribution in [0.25, 0.3) is 0 Å². The molecule has 0 aliphatic heterocycles. The van der Waals surface area contributed by atoms with Gasteiger partial charge in [-0.2, -0.15) is 0 Å². The summed E-state index contributed by atoms with van der Waals surface area (Å²) >= 11 is 0. The van der Waals surface area contributed by atoms with E-state index in [2.05, 4.69) is 45.0 Å². The van der Waals surface area contributed by atoms with E-state index in [4.69, 9.17) is 0 Å². The molecule has 0 saturated heterocycles. The second kappa shape index (κ2) is 5.90. The van der Waals surface area contributed by atoms with Crippen molar-refractivity contribution in [2.45, 2.75) is 59.3 Å². The van der Waals surface area contributed by atoms with Crippen LogP contribution in [-0.4, -0.2) is 5.78 Å². The zero-order valence-electron chi connectivity index (χ0n) is 12.5. The highest BCUT2D eigenvalue weighted by Crippen LogP contribution is 2.44. The minimum atomic E-state index is -0.0160. The van der Waals surface area contributed by atoms with Crippen molar-refractivity contribution in [2.24, 2.45) is 11.3 Å². The molecule has 1 saturated carbocycles. The van der Waals surface area contributed by atoms with Crippen LogP contribution in [0.2, 0.25) is 0 Å². The molecule has 1 heteroatoms. The van der Waals surface area contributed by atoms with E-state index in [1.165, 1.54) is 24.0 Å². The maximum absolute atomic E-state index is 12.8. The van der Waals surface area contributed by atoms with Gasteiger partial charge in [0.15, 0.2) is 0 Å². The van der Waals surface area contributed by atoms with Crippen LogP contribution in [0.15, 0.2) is 24.3 Å². The fourth-order valence-corrected chi connectivity index (χ4v) is 3.63. The van der Waals surface area contributed by atoms with Crippen molar-refractivity contribution in [3.63, 3.8) is 0 Å². The van der Waals surface area contributed by atoms with Gasteiger partial charge in [0.1, 0.15) is 5.78 Å². The summed E-state index contributed by atoms with van der Waals surface area (Å²) in [5.41, 5.74) is 2.41. The molecule has 0 amide bonds. The Morgan fingerprint density at radius 1 is 1.26 bits per heavy atom. The molecule has 2 rings (SSSR count). The molecule has 0 aromatic heterocycles. The summed E-state index contributed by atoms with van der Waals surface area (Å²) in [5.74, 6) is 1.09. The Morgan fingerprint density at radius 3 is 2.53 bits per heavy atom. The van der Waals surface area contributed by atoms with E-state index in [9.17, 15) is 4.79 Å². The lowest BCUT2D eigenvalue weighted by molar-refractivity contribution is -0.128. The lowest BCUT2D eigenvalue weighted by Crippen LogP contribution is -2.31. The van der Waals surface area contributed by atoms with E-state index < -0.39 is 0 Å². The first-order chi connectivity index (χ1) is 9.02. The van der Waals surface area contributed by atoms with Crippen LogP contribution in [-0.2, 0) is 11.2 Å². The van der Waals surface area contributed by atoms with E-state index in [-0.39, 0.29) is 5.41 Å². The van der Waals surface area contributed by atoms with Gasteiger partial charge in [-0.25, -0.2) is 0 Å². The first-order valence-corrected chi connectivity index (χ1v) is 7.61. The number of Topliss-reactive ketones (excluding diaryl/α,β-unsaturated/α-hetero) is 1. The molecule has 1 aromatic rings. The normalized spacial score (nSPS) is 17.9. The number of carbonyl (C=O) groups excluding carboxylic acids is 1. The molecule has 0 atom stereocenters. The number of rotatable bonds is 5. The molecule has 19 heavy (non-hydrogen) atoms. The van der Waals surface area contributed by atoms with Gasteiger partial charge in [-0.05, 0) is 37.7 Å². The summed E-state index contributed by atoms with van der Waals surface area (Å²) in [5, 5.41) is 0. The highest BCUT2D eigenvalue weighted by Gasteiger charge is 2.40. The molecule has 0 N–H and O–H groups in total. The van der Waals surface area contributed by atoms with Gasteiger partial charge in [0.05, 0.1) is 0 Å². The van der Waals surface area contributed by atoms with Crippen LogP contribution < -0.4 is 0 Å². The van der Waals surface area contributed by atoms with Crippen LogP contribution in [0.5, 0.6) is 0 Å². The second-order valence-corrected chi connectivity index (χ2v) is 6.67. The highest BCUT2D eigenvalue weighted by atomic mass is 16.1. The molecule has 1 fully saturated rings. The summed E-state index contributed by atoms with van der Waals surface area (Å²) in [7, 11) is 0. The van der Waals surface area contributed by atoms with Crippen molar-refractivity contribution in [2.75, 3.05) is 0 Å². The van der Waals surface area contributed by atoms with Gasteiger partial charge < -0.3 is 0 Å². The number of carbonyl (C=O) groups is 1. The largest absolute Gasteiger partial charge is 0.299 e. The Labute approximate surface area is 117 Å². The quantitative estimate of drug-likeness (QED) is 0.747. The van der Waals surface area contributed by atoms with E-state index in [1.54, 1.807) is 0 Å². The molecule has 0 radical (unpaired) electrons. The van der Waals surface area contributed by atoms with E-state index in [0.717, 1.165) is 19.3 Å². The third kappa shape index (κ3) is 3.46. The van der Waals surface area contributed by atoms with Gasteiger partial charge in [0.2, 0.25) is 0 Å². The SMILES string of the molecule is Cc1cccc(CC(=O)C2(CC(C)C)CCCC2)c1. The molecule has 0 heterocycles. The standard InChI is InChI=1S/C18H26O/c1-14(2)13-18(9-4-5-10-18)17(19)12-16-8-6-7-15(3)11-16/h6-8,11,14H,4-5,9-10,12-13H2,1-3H3. The molecular formula is C18H26O. The third-order valence-corrected chi connectivity index (χ3v) is 4.40. The first-order valence-electron chi connectivity index (χ1n) is 7.61. The average molecular weight is 258 g/mol. The fraction of sp³-hybridized carbons (Fsp3) is 0.611. The number of ketones is 1. The molecule has 1 nitrogen and oxygen atoms in total. The maximum Gasteiger partial charge on any atom is 0.143 e. The Bertz CT molecular complexity index is 439. The lowest BCUT2D eigenvalue weighted by atomic mass is 9.73. The minimum absolute atomic E-state index is 0.0160. The summed E-state index contributed by atoms with van der Waals surface area (Å²) in [4.78, 5) is 12.8. The minimum Gasteiger partial charge on any atom is -0.299 e. The van der Waals surface area contributed by atoms with Gasteiger partial charge in [0.25, 0.3) is 0 Å². The molecule has 1 aliphatic carbocycles. The van der Waals surface area contributed by atoms with Crippen LogP contribution in [0.3, 0.4) is 0 Å². The second-order valence-electron chi connectivity index (χ2n) is 6.67. The Kier molecular flexibility index (Phi) is 4.44. The molecule has 104 valence electrons. The number of aryl methyl sites for hydroxylation is 1. The third-order valence-electron chi connectivity index (χ3n) is 4.40. The van der Waals surface area contributed by atoms with Crippen molar-refractivity contribution >= 4 is 5.78 Å². The molecule has 0 unspecified atom stereocenters. The summed E-state index contributed by atoms with van der Waals surface area (Å²) in [6.45, 7) is 6.56. The highest BCUT2D eigenvalue weighted by molar-refractivity contribution is 5.87. The van der Waals surface area contributed by atoms with Crippen molar-refractivity contribution < 1.29 is 4.79 Å². The van der Waals surface area contributed by atoms with Crippen molar-refractivity contribution in [3.05, 3.63) is 35.4 Å². The van der Waals surface area contributed by atoms with Crippen LogP contribution in [0.4, 0.5) is 0 Å². The van der Waals surface area contributed by atoms with E-state index in [1.807, 2.05) is 0 Å². The zero-order chi connectivity index (χ0) is 13.9. The van der Waals surface area contributed by atoms with Gasteiger partial charge in [-0.1, -0.05) is 56.5 Å². The maximum atomic E-state index is 12.8. The molecule has 1 aliphatic rings. The zero-order valence-corrected chi connectivity index (χ0v) is 12.5. The topological polar surface area (TPSA) is 17.1 Å². The van der Waals surface area contributed by atoms with E-state index in [0.29, 0.717) is 18.1 Å². The number of hydrogen-bond acceptors (Lipinski definition) is 1. The molecule has 0 spiro atoms. The molecule has 0 bridgehead atoms. The Hall–Kier alpha value is -1.11. The number of hydrogen-bond donors (Lipinski definition) is 0. The number of benzene rings is 1. The Balaban J connectivity index is 2.12. The van der Waals surface area contributed by atoms with E-state index >= 15 is 0 Å². The molecule has 1 aromatic carbocycles. The fourth-order valence-electron chi connectivity index (χ4n) is 3.63. The van der Waals surface area contributed by atoms with Crippen LogP contribution in [0.1, 0.15) is 57.1 Å². The summed E-state index contributed by atoms with van der Waals surface area (Å²) in [6.07, 6.45) is 6.36. The van der Waals surface area contributed by atoms with Gasteiger partial charge in [-0.3, -0.25) is 4.79 Å². The lowest BCUT2D eigenvalue weighted by Gasteiger charge is -2.29. The van der Waals surface area contributed by atoms with Gasteiger partial charge in [-0.15, -0.1) is 0 Å². The van der Waals surface area contributed by atoms with Crippen molar-refractivity contribution in [1.29, 1.82) is 0 Å². The van der Waals surface area contributed by atoms with Crippen molar-refractivity contribution in [3.8, 4) is 0 Å². The summed E-state index contributed by atoms with van der Waals surface area (Å²) < 4.78 is 0. The van der Waals surface area contributed by atoms with Crippen molar-refractivity contribution in [1.82, 2.24) is 0 Å².